The topological polar surface area (TPSA) is 38.3 Å². The predicted molar refractivity (Wildman–Crippen MR) is 85.9 cm³/mol. The van der Waals surface area contributed by atoms with Crippen LogP contribution in [0.4, 0.5) is 4.39 Å². The zero-order chi connectivity index (χ0) is 16.0. The molecule has 0 radical (unpaired) electrons. The van der Waals surface area contributed by atoms with Crippen LogP contribution < -0.4 is 10.1 Å². The minimum Gasteiger partial charge on any atom is -0.497 e. The third kappa shape index (κ3) is 2.73. The van der Waals surface area contributed by atoms with Gasteiger partial charge in [-0.05, 0) is 73.8 Å². The fourth-order valence-electron chi connectivity index (χ4n) is 5.68. The fraction of sp³-hybridized carbons (Fsp3) is 0.632. The Bertz CT molecular complexity index is 593. The molecule has 1 aromatic rings. The van der Waals surface area contributed by atoms with Crippen molar-refractivity contribution >= 4 is 5.91 Å². The van der Waals surface area contributed by atoms with Gasteiger partial charge in [-0.15, -0.1) is 0 Å². The van der Waals surface area contributed by atoms with Crippen LogP contribution in [0.3, 0.4) is 0 Å². The van der Waals surface area contributed by atoms with Gasteiger partial charge in [-0.3, -0.25) is 4.79 Å². The molecule has 0 aromatic heterocycles. The zero-order valence-corrected chi connectivity index (χ0v) is 13.6. The summed E-state index contributed by atoms with van der Waals surface area (Å²) in [4.78, 5) is 12.4. The van der Waals surface area contributed by atoms with E-state index < -0.39 is 5.82 Å². The molecule has 4 bridgehead atoms. The quantitative estimate of drug-likeness (QED) is 0.918. The third-order valence-electron chi connectivity index (χ3n) is 6.21. The second kappa shape index (κ2) is 5.50. The molecule has 0 spiro atoms. The van der Waals surface area contributed by atoms with Crippen molar-refractivity contribution in [2.75, 3.05) is 13.7 Å². The van der Waals surface area contributed by atoms with E-state index in [1.165, 1.54) is 57.8 Å². The van der Waals surface area contributed by atoms with Crippen molar-refractivity contribution in [2.45, 2.75) is 38.5 Å². The van der Waals surface area contributed by atoms with Crippen LogP contribution in [-0.4, -0.2) is 19.6 Å². The third-order valence-corrected chi connectivity index (χ3v) is 6.21. The average molecular weight is 317 g/mol. The van der Waals surface area contributed by atoms with E-state index in [2.05, 4.69) is 5.32 Å². The first kappa shape index (κ1) is 15.0. The van der Waals surface area contributed by atoms with E-state index in [0.717, 1.165) is 17.8 Å². The first-order chi connectivity index (χ1) is 11.1. The van der Waals surface area contributed by atoms with Gasteiger partial charge in [0.2, 0.25) is 0 Å². The van der Waals surface area contributed by atoms with Gasteiger partial charge in [-0.2, -0.15) is 0 Å². The maximum Gasteiger partial charge on any atom is 0.254 e. The van der Waals surface area contributed by atoms with Crippen LogP contribution in [0.1, 0.15) is 48.9 Å². The molecule has 4 saturated carbocycles. The summed E-state index contributed by atoms with van der Waals surface area (Å²) in [5, 5.41) is 3.01. The van der Waals surface area contributed by atoms with Crippen molar-refractivity contribution in [3.63, 3.8) is 0 Å². The average Bonchev–Trinajstić information content (AvgIpc) is 2.51. The summed E-state index contributed by atoms with van der Waals surface area (Å²) in [5.74, 6) is 2.18. The standard InChI is InChI=1S/C19H24FNO2/c1-23-15-2-3-16(17(20)7-15)18(22)21-11-19-8-12-4-13(9-19)6-14(5-12)10-19/h2-3,7,12-14H,4-6,8-11H2,1H3,(H,21,22). The molecule has 23 heavy (non-hydrogen) atoms. The number of methoxy groups -OCH3 is 1. The molecule has 3 nitrogen and oxygen atoms in total. The Morgan fingerprint density at radius 1 is 1.22 bits per heavy atom. The van der Waals surface area contributed by atoms with E-state index in [1.54, 1.807) is 6.07 Å². The molecule has 1 amide bonds. The van der Waals surface area contributed by atoms with Gasteiger partial charge < -0.3 is 10.1 Å². The molecule has 4 heteroatoms. The first-order valence-electron chi connectivity index (χ1n) is 8.69. The summed E-state index contributed by atoms with van der Waals surface area (Å²) in [7, 11) is 1.49. The van der Waals surface area contributed by atoms with Crippen molar-refractivity contribution in [3.05, 3.63) is 29.6 Å². The van der Waals surface area contributed by atoms with E-state index in [9.17, 15) is 9.18 Å². The molecule has 1 N–H and O–H groups in total. The van der Waals surface area contributed by atoms with Crippen LogP contribution in [0, 0.1) is 29.0 Å². The second-order valence-electron chi connectivity index (χ2n) is 7.95. The molecular weight excluding hydrogens is 293 g/mol. The highest BCUT2D eigenvalue weighted by Gasteiger charge is 2.50. The minimum absolute atomic E-state index is 0.107. The van der Waals surface area contributed by atoms with E-state index in [-0.39, 0.29) is 16.9 Å². The molecule has 4 fully saturated rings. The smallest absolute Gasteiger partial charge is 0.254 e. The molecule has 124 valence electrons. The van der Waals surface area contributed by atoms with Crippen molar-refractivity contribution < 1.29 is 13.9 Å². The Balaban J connectivity index is 1.44. The molecular formula is C19H24FNO2. The lowest BCUT2D eigenvalue weighted by Crippen LogP contribution is -2.51. The van der Waals surface area contributed by atoms with E-state index in [1.807, 2.05) is 0 Å². The molecule has 0 saturated heterocycles. The van der Waals surface area contributed by atoms with E-state index in [0.29, 0.717) is 12.3 Å². The predicted octanol–water partition coefficient (Wildman–Crippen LogP) is 3.78. The summed E-state index contributed by atoms with van der Waals surface area (Å²) in [5.41, 5.74) is 0.378. The van der Waals surface area contributed by atoms with Crippen LogP contribution in [0.2, 0.25) is 0 Å². The van der Waals surface area contributed by atoms with Crippen LogP contribution in [-0.2, 0) is 0 Å². The highest BCUT2D eigenvalue weighted by Crippen LogP contribution is 2.59. The van der Waals surface area contributed by atoms with Crippen LogP contribution in [0.5, 0.6) is 5.75 Å². The van der Waals surface area contributed by atoms with Gasteiger partial charge in [0.1, 0.15) is 11.6 Å². The second-order valence-corrected chi connectivity index (χ2v) is 7.95. The lowest BCUT2D eigenvalue weighted by atomic mass is 9.49. The number of hydrogen-bond donors (Lipinski definition) is 1. The van der Waals surface area contributed by atoms with Crippen molar-refractivity contribution in [3.8, 4) is 5.75 Å². The lowest BCUT2D eigenvalue weighted by molar-refractivity contribution is -0.0503. The maximum atomic E-state index is 14.0. The Labute approximate surface area is 136 Å². The Morgan fingerprint density at radius 3 is 2.35 bits per heavy atom. The molecule has 4 aliphatic carbocycles. The summed E-state index contributed by atoms with van der Waals surface area (Å²) in [6, 6.07) is 4.39. The maximum absolute atomic E-state index is 14.0. The van der Waals surface area contributed by atoms with E-state index >= 15 is 0 Å². The van der Waals surface area contributed by atoms with Gasteiger partial charge in [0.05, 0.1) is 12.7 Å². The largest absolute Gasteiger partial charge is 0.497 e. The number of benzene rings is 1. The van der Waals surface area contributed by atoms with Gasteiger partial charge in [0.15, 0.2) is 0 Å². The molecule has 4 aliphatic rings. The Morgan fingerprint density at radius 2 is 1.83 bits per heavy atom. The van der Waals surface area contributed by atoms with Crippen molar-refractivity contribution in [2.24, 2.45) is 23.2 Å². The Hall–Kier alpha value is -1.58. The molecule has 0 heterocycles. The van der Waals surface area contributed by atoms with Crippen LogP contribution in [0.15, 0.2) is 18.2 Å². The number of carbonyl (C=O) groups is 1. The van der Waals surface area contributed by atoms with Gasteiger partial charge in [0.25, 0.3) is 5.91 Å². The number of hydrogen-bond acceptors (Lipinski definition) is 2. The highest BCUT2D eigenvalue weighted by atomic mass is 19.1. The van der Waals surface area contributed by atoms with Crippen LogP contribution in [0.25, 0.3) is 0 Å². The summed E-state index contributed by atoms with van der Waals surface area (Å²) >= 11 is 0. The molecule has 5 rings (SSSR count). The van der Waals surface area contributed by atoms with Crippen LogP contribution >= 0.6 is 0 Å². The normalized spacial score (nSPS) is 34.4. The van der Waals surface area contributed by atoms with Gasteiger partial charge in [-0.1, -0.05) is 0 Å². The van der Waals surface area contributed by atoms with Gasteiger partial charge >= 0.3 is 0 Å². The van der Waals surface area contributed by atoms with Gasteiger partial charge in [0, 0.05) is 12.6 Å². The number of carbonyl (C=O) groups excluding carboxylic acids is 1. The zero-order valence-electron chi connectivity index (χ0n) is 13.6. The summed E-state index contributed by atoms with van der Waals surface area (Å²) in [6.07, 6.45) is 7.89. The summed E-state index contributed by atoms with van der Waals surface area (Å²) < 4.78 is 19.0. The number of nitrogens with one attached hydrogen (secondary N) is 1. The minimum atomic E-state index is -0.521. The molecule has 0 atom stereocenters. The Kier molecular flexibility index (Phi) is 3.58. The fourth-order valence-corrected chi connectivity index (χ4v) is 5.68. The summed E-state index contributed by atoms with van der Waals surface area (Å²) in [6.45, 7) is 0.695. The first-order valence-corrected chi connectivity index (χ1v) is 8.69. The lowest BCUT2D eigenvalue weighted by Gasteiger charge is -2.56. The highest BCUT2D eigenvalue weighted by molar-refractivity contribution is 5.94. The molecule has 0 unspecified atom stereocenters. The number of amides is 1. The number of rotatable bonds is 4. The van der Waals surface area contributed by atoms with Crippen molar-refractivity contribution in [1.29, 1.82) is 0 Å². The van der Waals surface area contributed by atoms with Crippen molar-refractivity contribution in [1.82, 2.24) is 5.32 Å². The molecule has 0 aliphatic heterocycles. The van der Waals surface area contributed by atoms with Gasteiger partial charge in [-0.25, -0.2) is 4.39 Å². The number of ether oxygens (including phenoxy) is 1. The SMILES string of the molecule is COc1ccc(C(=O)NCC23CC4CC(CC(C4)C2)C3)c(F)c1. The molecule has 1 aromatic carbocycles. The monoisotopic (exact) mass is 317 g/mol. The number of halogens is 1. The van der Waals surface area contributed by atoms with E-state index in [4.69, 9.17) is 4.74 Å².